The average molecular weight is 222 g/mol. The molecular weight excluding hydrogens is 213 g/mol. The van der Waals surface area contributed by atoms with Crippen LogP contribution in [-0.4, -0.2) is 18.6 Å². The number of rotatable bonds is 3. The molecule has 1 aromatic rings. The summed E-state index contributed by atoms with van der Waals surface area (Å²) >= 11 is 0. The van der Waals surface area contributed by atoms with Crippen LogP contribution in [0.2, 0.25) is 0 Å². The van der Waals surface area contributed by atoms with Crippen molar-refractivity contribution in [1.29, 1.82) is 0 Å². The molecule has 0 aliphatic heterocycles. The van der Waals surface area contributed by atoms with E-state index in [1.807, 2.05) is 0 Å². The Morgan fingerprint density at radius 2 is 1.80 bits per heavy atom. The first-order chi connectivity index (χ1) is 6.94. The maximum absolute atomic E-state index is 11.9. The lowest BCUT2D eigenvalue weighted by atomic mass is 10.2. The summed E-state index contributed by atoms with van der Waals surface area (Å²) < 4.78 is 44.1. The van der Waals surface area contributed by atoms with Gasteiger partial charge in [-0.05, 0) is 17.7 Å². The van der Waals surface area contributed by atoms with Gasteiger partial charge >= 0.3 is 6.36 Å². The van der Waals surface area contributed by atoms with E-state index in [0.717, 1.165) is 12.1 Å². The van der Waals surface area contributed by atoms with E-state index in [-0.39, 0.29) is 17.9 Å². The van der Waals surface area contributed by atoms with Crippen molar-refractivity contribution < 1.29 is 27.8 Å². The number of halogens is 3. The number of hydrogen-bond acceptors (Lipinski definition) is 3. The van der Waals surface area contributed by atoms with Crippen LogP contribution in [-0.2, 0) is 6.61 Å². The molecule has 15 heavy (non-hydrogen) atoms. The van der Waals surface area contributed by atoms with Crippen molar-refractivity contribution in [2.45, 2.75) is 13.0 Å². The molecule has 0 radical (unpaired) electrons. The topological polar surface area (TPSA) is 38.7 Å². The molecule has 3 nitrogen and oxygen atoms in total. The van der Waals surface area contributed by atoms with E-state index in [4.69, 9.17) is 9.84 Å². The van der Waals surface area contributed by atoms with Crippen molar-refractivity contribution >= 4 is 0 Å². The van der Waals surface area contributed by atoms with E-state index < -0.39 is 12.1 Å². The monoisotopic (exact) mass is 222 g/mol. The van der Waals surface area contributed by atoms with Crippen molar-refractivity contribution in [3.63, 3.8) is 0 Å². The Labute approximate surface area is 84.0 Å². The highest BCUT2D eigenvalue weighted by Crippen LogP contribution is 2.27. The Kier molecular flexibility index (Phi) is 3.41. The quantitative estimate of drug-likeness (QED) is 0.850. The van der Waals surface area contributed by atoms with Crippen LogP contribution in [0.4, 0.5) is 13.2 Å². The second-order valence-electron chi connectivity index (χ2n) is 2.72. The summed E-state index contributed by atoms with van der Waals surface area (Å²) in [6.07, 6.45) is -4.75. The molecule has 0 saturated heterocycles. The van der Waals surface area contributed by atoms with Crippen molar-refractivity contribution in [2.75, 3.05) is 7.11 Å². The standard InChI is InChI=1S/C9H9F3O3/c1-14-7-2-6(5-13)3-8(4-7)15-9(10,11)12/h2-4,13H,5H2,1H3. The normalized spacial score (nSPS) is 11.3. The molecule has 0 fully saturated rings. The SMILES string of the molecule is COc1cc(CO)cc(OC(F)(F)F)c1. The van der Waals surface area contributed by atoms with Gasteiger partial charge in [-0.3, -0.25) is 0 Å². The van der Waals surface area contributed by atoms with Crippen LogP contribution in [0, 0.1) is 0 Å². The number of methoxy groups -OCH3 is 1. The second-order valence-corrected chi connectivity index (χ2v) is 2.72. The average Bonchev–Trinajstić information content (AvgIpc) is 2.14. The summed E-state index contributed by atoms with van der Waals surface area (Å²) in [7, 11) is 1.31. The van der Waals surface area contributed by atoms with Crippen LogP contribution >= 0.6 is 0 Å². The number of aliphatic hydroxyl groups excluding tert-OH is 1. The van der Waals surface area contributed by atoms with Crippen molar-refractivity contribution in [2.24, 2.45) is 0 Å². The molecular formula is C9H9F3O3. The van der Waals surface area contributed by atoms with Gasteiger partial charge in [0.25, 0.3) is 0 Å². The van der Waals surface area contributed by atoms with Gasteiger partial charge in [-0.15, -0.1) is 13.2 Å². The lowest BCUT2D eigenvalue weighted by molar-refractivity contribution is -0.274. The summed E-state index contributed by atoms with van der Waals surface area (Å²) in [4.78, 5) is 0. The van der Waals surface area contributed by atoms with Gasteiger partial charge in [0.05, 0.1) is 13.7 Å². The third kappa shape index (κ3) is 3.67. The lowest BCUT2D eigenvalue weighted by Crippen LogP contribution is -2.17. The molecule has 84 valence electrons. The molecule has 0 spiro atoms. The first kappa shape index (κ1) is 11.6. The van der Waals surface area contributed by atoms with E-state index in [0.29, 0.717) is 0 Å². The molecule has 1 rings (SSSR count). The van der Waals surface area contributed by atoms with Gasteiger partial charge < -0.3 is 14.6 Å². The summed E-state index contributed by atoms with van der Waals surface area (Å²) in [5.41, 5.74) is 0.286. The van der Waals surface area contributed by atoms with Gasteiger partial charge in [-0.25, -0.2) is 0 Å². The molecule has 0 saturated carbocycles. The summed E-state index contributed by atoms with van der Waals surface area (Å²) in [6, 6.07) is 3.60. The maximum Gasteiger partial charge on any atom is 0.573 e. The van der Waals surface area contributed by atoms with E-state index >= 15 is 0 Å². The summed E-state index contributed by atoms with van der Waals surface area (Å²) in [5.74, 6) is -0.216. The minimum absolute atomic E-state index is 0.195. The van der Waals surface area contributed by atoms with Crippen molar-refractivity contribution in [3.8, 4) is 11.5 Å². The highest BCUT2D eigenvalue weighted by Gasteiger charge is 2.31. The van der Waals surface area contributed by atoms with Crippen LogP contribution in [0.15, 0.2) is 18.2 Å². The zero-order valence-corrected chi connectivity index (χ0v) is 7.84. The van der Waals surface area contributed by atoms with Gasteiger partial charge in [-0.2, -0.15) is 0 Å². The fourth-order valence-electron chi connectivity index (χ4n) is 1.03. The molecule has 0 bridgehead atoms. The lowest BCUT2D eigenvalue weighted by Gasteiger charge is -2.11. The second kappa shape index (κ2) is 4.39. The number of alkyl halides is 3. The Morgan fingerprint density at radius 1 is 1.20 bits per heavy atom. The molecule has 6 heteroatoms. The molecule has 0 aliphatic carbocycles. The van der Waals surface area contributed by atoms with Crippen LogP contribution in [0.3, 0.4) is 0 Å². The fraction of sp³-hybridized carbons (Fsp3) is 0.333. The van der Waals surface area contributed by atoms with Gasteiger partial charge in [0.15, 0.2) is 0 Å². The number of ether oxygens (including phenoxy) is 2. The molecule has 1 N–H and O–H groups in total. The van der Waals surface area contributed by atoms with Crippen molar-refractivity contribution in [3.05, 3.63) is 23.8 Å². The van der Waals surface area contributed by atoms with E-state index in [9.17, 15) is 13.2 Å². The predicted octanol–water partition coefficient (Wildman–Crippen LogP) is 2.09. The molecule has 0 aliphatic rings. The Morgan fingerprint density at radius 3 is 2.27 bits per heavy atom. The first-order valence-corrected chi connectivity index (χ1v) is 3.99. The molecule has 0 aromatic heterocycles. The first-order valence-electron chi connectivity index (χ1n) is 3.99. The van der Waals surface area contributed by atoms with E-state index in [2.05, 4.69) is 4.74 Å². The highest BCUT2D eigenvalue weighted by atomic mass is 19.4. The Balaban J connectivity index is 2.97. The summed E-state index contributed by atoms with van der Waals surface area (Å²) in [5, 5.41) is 8.79. The van der Waals surface area contributed by atoms with Crippen molar-refractivity contribution in [1.82, 2.24) is 0 Å². The molecule has 0 heterocycles. The Hall–Kier alpha value is -1.43. The van der Waals surface area contributed by atoms with E-state index in [1.165, 1.54) is 13.2 Å². The number of benzene rings is 1. The third-order valence-corrected chi connectivity index (χ3v) is 1.59. The molecule has 1 aromatic carbocycles. The third-order valence-electron chi connectivity index (χ3n) is 1.59. The number of hydrogen-bond donors (Lipinski definition) is 1. The maximum atomic E-state index is 11.9. The zero-order chi connectivity index (χ0) is 11.5. The minimum Gasteiger partial charge on any atom is -0.497 e. The summed E-state index contributed by atoms with van der Waals surface area (Å²) in [6.45, 7) is -0.384. The van der Waals surface area contributed by atoms with Crippen LogP contribution in [0.1, 0.15) is 5.56 Å². The Bertz CT molecular complexity index is 314. The highest BCUT2D eigenvalue weighted by molar-refractivity contribution is 5.38. The predicted molar refractivity (Wildman–Crippen MR) is 45.6 cm³/mol. The molecule has 0 unspecified atom stereocenters. The van der Waals surface area contributed by atoms with Crippen LogP contribution < -0.4 is 9.47 Å². The smallest absolute Gasteiger partial charge is 0.497 e. The zero-order valence-electron chi connectivity index (χ0n) is 7.84. The molecule has 0 atom stereocenters. The largest absolute Gasteiger partial charge is 0.573 e. The molecule has 0 amide bonds. The fourth-order valence-corrected chi connectivity index (χ4v) is 1.03. The van der Waals surface area contributed by atoms with Gasteiger partial charge in [0, 0.05) is 6.07 Å². The van der Waals surface area contributed by atoms with Crippen LogP contribution in [0.25, 0.3) is 0 Å². The van der Waals surface area contributed by atoms with Gasteiger partial charge in [0.1, 0.15) is 11.5 Å². The van der Waals surface area contributed by atoms with Gasteiger partial charge in [-0.1, -0.05) is 0 Å². The van der Waals surface area contributed by atoms with Gasteiger partial charge in [0.2, 0.25) is 0 Å². The van der Waals surface area contributed by atoms with E-state index in [1.54, 1.807) is 0 Å². The van der Waals surface area contributed by atoms with Crippen LogP contribution in [0.5, 0.6) is 11.5 Å². The number of aliphatic hydroxyl groups is 1. The minimum atomic E-state index is -4.75.